The van der Waals surface area contributed by atoms with Gasteiger partial charge in [0, 0.05) is 17.6 Å². The molecule has 0 bridgehead atoms. The van der Waals surface area contributed by atoms with Gasteiger partial charge in [-0.1, -0.05) is 29.4 Å². The van der Waals surface area contributed by atoms with Crippen molar-refractivity contribution in [3.05, 3.63) is 77.3 Å². The molecule has 2 aromatic carbocycles. The zero-order valence-corrected chi connectivity index (χ0v) is 18.0. The van der Waals surface area contributed by atoms with E-state index in [4.69, 9.17) is 16.0 Å². The quantitative estimate of drug-likeness (QED) is 0.381. The van der Waals surface area contributed by atoms with E-state index in [0.29, 0.717) is 33.9 Å². The van der Waals surface area contributed by atoms with Crippen molar-refractivity contribution < 1.29 is 13.6 Å². The van der Waals surface area contributed by atoms with E-state index < -0.39 is 5.82 Å². The predicted octanol–water partition coefficient (Wildman–Crippen LogP) is 4.47. The summed E-state index contributed by atoms with van der Waals surface area (Å²) in [6, 6.07) is 17.0. The number of hydrogen-bond acceptors (Lipinski definition) is 6. The Morgan fingerprint density at radius 2 is 2.00 bits per heavy atom. The number of aromatic nitrogens is 4. The van der Waals surface area contributed by atoms with E-state index in [-0.39, 0.29) is 11.7 Å². The molecule has 0 N–H and O–H groups in total. The minimum absolute atomic E-state index is 0.122. The highest BCUT2D eigenvalue weighted by Crippen LogP contribution is 2.25. The summed E-state index contributed by atoms with van der Waals surface area (Å²) in [7, 11) is 1.70. The van der Waals surface area contributed by atoms with Crippen molar-refractivity contribution in [3.8, 4) is 17.0 Å². The normalized spacial score (nSPS) is 10.9. The van der Waals surface area contributed by atoms with E-state index in [1.165, 1.54) is 28.6 Å². The van der Waals surface area contributed by atoms with Crippen LogP contribution < -0.4 is 0 Å². The molecule has 0 atom stereocenters. The molecule has 0 saturated carbocycles. The van der Waals surface area contributed by atoms with Gasteiger partial charge in [0.2, 0.25) is 11.1 Å². The van der Waals surface area contributed by atoms with Gasteiger partial charge >= 0.3 is 0 Å². The number of furan rings is 1. The molecule has 10 heteroatoms. The van der Waals surface area contributed by atoms with Gasteiger partial charge in [0.05, 0.1) is 18.0 Å². The highest BCUT2D eigenvalue weighted by Gasteiger charge is 2.16. The van der Waals surface area contributed by atoms with Crippen molar-refractivity contribution in [2.45, 2.75) is 11.7 Å². The number of carbonyl (C=O) groups excluding carboxylic acids is 1. The minimum Gasteiger partial charge on any atom is -0.459 e. The van der Waals surface area contributed by atoms with E-state index in [1.54, 1.807) is 36.2 Å². The van der Waals surface area contributed by atoms with Crippen LogP contribution in [0.15, 0.2) is 70.2 Å². The first kappa shape index (κ1) is 21.1. The van der Waals surface area contributed by atoms with E-state index in [2.05, 4.69) is 15.5 Å². The van der Waals surface area contributed by atoms with Crippen molar-refractivity contribution in [1.82, 2.24) is 25.1 Å². The molecule has 2 aromatic heterocycles. The molecule has 31 heavy (non-hydrogen) atoms. The van der Waals surface area contributed by atoms with Gasteiger partial charge in [0.15, 0.2) is 0 Å². The standard InChI is InChI=1S/C21H17ClFN5O2S/c1-27(12-18-9-10-19(30-18)14-5-7-15(22)8-6-14)20(29)13-31-21-24-25-26-28(21)17-4-2-3-16(23)11-17/h2-11H,12-13H2,1H3. The Balaban J connectivity index is 1.36. The molecule has 7 nitrogen and oxygen atoms in total. The smallest absolute Gasteiger partial charge is 0.233 e. The fourth-order valence-corrected chi connectivity index (χ4v) is 3.79. The molecule has 1 amide bonds. The van der Waals surface area contributed by atoms with Crippen LogP contribution in [0.25, 0.3) is 17.0 Å². The summed E-state index contributed by atoms with van der Waals surface area (Å²) in [5, 5.41) is 12.5. The first-order valence-electron chi connectivity index (χ1n) is 9.25. The van der Waals surface area contributed by atoms with Gasteiger partial charge < -0.3 is 9.32 Å². The molecule has 4 rings (SSSR count). The van der Waals surface area contributed by atoms with Gasteiger partial charge in [-0.15, -0.1) is 5.10 Å². The van der Waals surface area contributed by atoms with Gasteiger partial charge in [-0.25, -0.2) is 4.39 Å². The summed E-state index contributed by atoms with van der Waals surface area (Å²) in [6.07, 6.45) is 0. The number of carbonyl (C=O) groups is 1. The summed E-state index contributed by atoms with van der Waals surface area (Å²) < 4.78 is 20.7. The lowest BCUT2D eigenvalue weighted by Gasteiger charge is -2.15. The molecule has 0 fully saturated rings. The van der Waals surface area contributed by atoms with E-state index >= 15 is 0 Å². The third-order valence-electron chi connectivity index (χ3n) is 4.43. The van der Waals surface area contributed by atoms with Crippen LogP contribution in [0.5, 0.6) is 0 Å². The molecule has 0 aliphatic carbocycles. The lowest BCUT2D eigenvalue weighted by molar-refractivity contribution is -0.127. The highest BCUT2D eigenvalue weighted by atomic mass is 35.5. The van der Waals surface area contributed by atoms with Crippen LogP contribution in [-0.4, -0.2) is 43.8 Å². The molecule has 0 aliphatic heterocycles. The first-order valence-corrected chi connectivity index (χ1v) is 10.6. The lowest BCUT2D eigenvalue weighted by Crippen LogP contribution is -2.27. The highest BCUT2D eigenvalue weighted by molar-refractivity contribution is 7.99. The summed E-state index contributed by atoms with van der Waals surface area (Å²) in [5.74, 6) is 0.975. The maximum Gasteiger partial charge on any atom is 0.233 e. The van der Waals surface area contributed by atoms with Crippen LogP contribution in [0.2, 0.25) is 5.02 Å². The van der Waals surface area contributed by atoms with E-state index in [9.17, 15) is 9.18 Å². The van der Waals surface area contributed by atoms with Crippen LogP contribution in [0, 0.1) is 5.82 Å². The number of hydrogen-bond donors (Lipinski definition) is 0. The Kier molecular flexibility index (Phi) is 6.34. The number of halogens is 2. The summed E-state index contributed by atoms with van der Waals surface area (Å²) in [6.45, 7) is 0.321. The summed E-state index contributed by atoms with van der Waals surface area (Å²) in [4.78, 5) is 14.1. The molecule has 0 radical (unpaired) electrons. The molecule has 4 aromatic rings. The summed E-state index contributed by atoms with van der Waals surface area (Å²) >= 11 is 7.09. The largest absolute Gasteiger partial charge is 0.459 e. The Bertz CT molecular complexity index is 1190. The molecular weight excluding hydrogens is 441 g/mol. The topological polar surface area (TPSA) is 77.1 Å². The molecule has 2 heterocycles. The molecule has 0 aliphatic rings. The minimum atomic E-state index is -0.392. The SMILES string of the molecule is CN(Cc1ccc(-c2ccc(Cl)cc2)o1)C(=O)CSc1nnnn1-c1cccc(F)c1. The van der Waals surface area contributed by atoms with Gasteiger partial charge in [-0.3, -0.25) is 4.79 Å². The first-order chi connectivity index (χ1) is 15.0. The second-order valence-corrected chi connectivity index (χ2v) is 8.04. The van der Waals surface area contributed by atoms with Gasteiger partial charge in [0.1, 0.15) is 17.3 Å². The zero-order valence-electron chi connectivity index (χ0n) is 16.4. The average Bonchev–Trinajstić information content (AvgIpc) is 3.42. The molecule has 0 unspecified atom stereocenters. The number of tetrazole rings is 1. The fraction of sp³-hybridized carbons (Fsp3) is 0.143. The fourth-order valence-electron chi connectivity index (χ4n) is 2.83. The number of benzene rings is 2. The van der Waals surface area contributed by atoms with Crippen LogP contribution in [0.3, 0.4) is 0 Å². The monoisotopic (exact) mass is 457 g/mol. The second kappa shape index (κ2) is 9.32. The van der Waals surface area contributed by atoms with Crippen molar-refractivity contribution in [1.29, 1.82) is 0 Å². The van der Waals surface area contributed by atoms with Crippen LogP contribution in [0.1, 0.15) is 5.76 Å². The Hall–Kier alpha value is -3.17. The lowest BCUT2D eigenvalue weighted by atomic mass is 10.2. The zero-order chi connectivity index (χ0) is 21.8. The average molecular weight is 458 g/mol. The van der Waals surface area contributed by atoms with Crippen molar-refractivity contribution >= 4 is 29.3 Å². The predicted molar refractivity (Wildman–Crippen MR) is 115 cm³/mol. The van der Waals surface area contributed by atoms with Crippen molar-refractivity contribution in [2.24, 2.45) is 0 Å². The van der Waals surface area contributed by atoms with Gasteiger partial charge in [-0.05, 0) is 65.0 Å². The maximum absolute atomic E-state index is 13.5. The number of amides is 1. The van der Waals surface area contributed by atoms with Crippen molar-refractivity contribution in [2.75, 3.05) is 12.8 Å². The van der Waals surface area contributed by atoms with E-state index in [0.717, 1.165) is 5.56 Å². The van der Waals surface area contributed by atoms with Gasteiger partial charge in [-0.2, -0.15) is 4.68 Å². The van der Waals surface area contributed by atoms with Crippen LogP contribution in [0.4, 0.5) is 4.39 Å². The number of thioether (sulfide) groups is 1. The number of nitrogens with zero attached hydrogens (tertiary/aromatic N) is 5. The summed E-state index contributed by atoms with van der Waals surface area (Å²) in [5.41, 5.74) is 1.39. The third-order valence-corrected chi connectivity index (χ3v) is 5.58. The molecule has 0 spiro atoms. The molecular formula is C21H17ClFN5O2S. The Morgan fingerprint density at radius 3 is 2.77 bits per heavy atom. The van der Waals surface area contributed by atoms with Crippen LogP contribution >= 0.6 is 23.4 Å². The second-order valence-electron chi connectivity index (χ2n) is 6.66. The molecule has 0 saturated heterocycles. The number of rotatable bonds is 7. The van der Waals surface area contributed by atoms with Crippen LogP contribution in [-0.2, 0) is 11.3 Å². The third kappa shape index (κ3) is 5.12. The maximum atomic E-state index is 13.5. The van der Waals surface area contributed by atoms with Gasteiger partial charge in [0.25, 0.3) is 0 Å². The Labute approximate surface area is 186 Å². The van der Waals surface area contributed by atoms with E-state index in [1.807, 2.05) is 24.3 Å². The molecule has 158 valence electrons. The van der Waals surface area contributed by atoms with Crippen molar-refractivity contribution in [3.63, 3.8) is 0 Å². The Morgan fingerprint density at radius 1 is 1.19 bits per heavy atom.